The molecule has 1 fully saturated rings. The molecule has 3 heteroatoms. The highest BCUT2D eigenvalue weighted by Crippen LogP contribution is 2.17. The van der Waals surface area contributed by atoms with E-state index >= 15 is 0 Å². The first-order chi connectivity index (χ1) is 5.24. The Morgan fingerprint density at radius 2 is 2.27 bits per heavy atom. The van der Waals surface area contributed by atoms with Gasteiger partial charge in [0.1, 0.15) is 0 Å². The highest BCUT2D eigenvalue weighted by atomic mass is 16.5. The van der Waals surface area contributed by atoms with Gasteiger partial charge in [-0.2, -0.15) is 0 Å². The van der Waals surface area contributed by atoms with Crippen LogP contribution in [-0.2, 0) is 4.74 Å². The number of hydrogen-bond donors (Lipinski definition) is 1. The summed E-state index contributed by atoms with van der Waals surface area (Å²) in [6.07, 6.45) is 0.406. The van der Waals surface area contributed by atoms with Gasteiger partial charge in [-0.25, -0.2) is 0 Å². The summed E-state index contributed by atoms with van der Waals surface area (Å²) in [5, 5.41) is 0. The molecule has 2 N–H and O–H groups in total. The van der Waals surface area contributed by atoms with Gasteiger partial charge in [-0.05, 0) is 13.0 Å². The van der Waals surface area contributed by atoms with Crippen molar-refractivity contribution in [2.75, 3.05) is 33.3 Å². The summed E-state index contributed by atoms with van der Waals surface area (Å²) >= 11 is 0. The number of rotatable bonds is 3. The number of hydrogen-bond acceptors (Lipinski definition) is 3. The van der Waals surface area contributed by atoms with Gasteiger partial charge in [0.05, 0.1) is 12.7 Å². The minimum Gasteiger partial charge on any atom is -0.375 e. The van der Waals surface area contributed by atoms with Gasteiger partial charge in [-0.3, -0.25) is 0 Å². The van der Waals surface area contributed by atoms with E-state index in [9.17, 15) is 0 Å². The molecule has 1 aliphatic rings. The molecule has 0 saturated carbocycles. The van der Waals surface area contributed by atoms with E-state index in [4.69, 9.17) is 10.5 Å². The van der Waals surface area contributed by atoms with Crippen molar-refractivity contribution in [1.82, 2.24) is 4.90 Å². The fourth-order valence-electron chi connectivity index (χ4n) is 1.61. The van der Waals surface area contributed by atoms with Crippen molar-refractivity contribution in [1.29, 1.82) is 0 Å². The maximum absolute atomic E-state index is 5.57. The van der Waals surface area contributed by atoms with Crippen LogP contribution >= 0.6 is 0 Å². The Labute approximate surface area is 68.5 Å². The summed E-state index contributed by atoms with van der Waals surface area (Å²) in [4.78, 5) is 2.30. The Hall–Kier alpha value is -0.120. The number of likely N-dealkylation sites (N-methyl/N-ethyl adjacent to an activating group) is 1. The molecule has 0 radical (unpaired) electrons. The first-order valence-electron chi connectivity index (χ1n) is 4.24. The molecule has 66 valence electrons. The number of likely N-dealkylation sites (tertiary alicyclic amines) is 1. The highest BCUT2D eigenvalue weighted by Gasteiger charge is 2.27. The zero-order valence-corrected chi connectivity index (χ0v) is 7.42. The number of nitrogens with two attached hydrogens (primary N) is 1. The van der Waals surface area contributed by atoms with Crippen molar-refractivity contribution in [3.8, 4) is 0 Å². The molecular weight excluding hydrogens is 140 g/mol. The summed E-state index contributed by atoms with van der Waals surface area (Å²) < 4.78 is 5.57. The third kappa shape index (κ3) is 2.43. The van der Waals surface area contributed by atoms with E-state index in [1.807, 2.05) is 0 Å². The lowest BCUT2D eigenvalue weighted by Gasteiger charge is -2.14. The summed E-state index contributed by atoms with van der Waals surface area (Å²) in [7, 11) is 2.13. The Balaban J connectivity index is 2.23. The third-order valence-electron chi connectivity index (χ3n) is 2.18. The lowest BCUT2D eigenvalue weighted by Crippen LogP contribution is -2.24. The first-order valence-corrected chi connectivity index (χ1v) is 4.24. The van der Waals surface area contributed by atoms with Crippen molar-refractivity contribution in [2.45, 2.75) is 13.0 Å². The summed E-state index contributed by atoms with van der Waals surface area (Å²) in [5.74, 6) is 0.659. The van der Waals surface area contributed by atoms with Gasteiger partial charge in [0.15, 0.2) is 0 Å². The molecule has 0 amide bonds. The van der Waals surface area contributed by atoms with Gasteiger partial charge in [-0.15, -0.1) is 0 Å². The van der Waals surface area contributed by atoms with E-state index in [-0.39, 0.29) is 0 Å². The molecule has 0 bridgehead atoms. The van der Waals surface area contributed by atoms with Gasteiger partial charge >= 0.3 is 0 Å². The average molecular weight is 158 g/mol. The predicted octanol–water partition coefficient (Wildman–Crippen LogP) is -0.0882. The molecule has 1 rings (SSSR count). The zero-order valence-electron chi connectivity index (χ0n) is 7.42. The largest absolute Gasteiger partial charge is 0.375 e. The average Bonchev–Trinajstić information content (AvgIpc) is 2.26. The molecule has 0 aliphatic carbocycles. The van der Waals surface area contributed by atoms with Crippen LogP contribution in [-0.4, -0.2) is 44.3 Å². The molecule has 0 aromatic heterocycles. The lowest BCUT2D eigenvalue weighted by atomic mass is 10.1. The second-order valence-corrected chi connectivity index (χ2v) is 3.40. The Kier molecular flexibility index (Phi) is 3.30. The Morgan fingerprint density at radius 3 is 2.73 bits per heavy atom. The monoisotopic (exact) mass is 158 g/mol. The van der Waals surface area contributed by atoms with Crippen LogP contribution < -0.4 is 5.73 Å². The van der Waals surface area contributed by atoms with Crippen molar-refractivity contribution < 1.29 is 4.74 Å². The van der Waals surface area contributed by atoms with E-state index in [2.05, 4.69) is 18.9 Å². The minimum atomic E-state index is 0.406. The van der Waals surface area contributed by atoms with Gasteiger partial charge < -0.3 is 15.4 Å². The molecule has 11 heavy (non-hydrogen) atoms. The molecule has 1 heterocycles. The molecule has 0 spiro atoms. The maximum atomic E-state index is 5.57. The lowest BCUT2D eigenvalue weighted by molar-refractivity contribution is 0.0444. The van der Waals surface area contributed by atoms with E-state index in [1.165, 1.54) is 0 Å². The molecular formula is C8H18N2O. The molecule has 1 saturated heterocycles. The van der Waals surface area contributed by atoms with Gasteiger partial charge in [0, 0.05) is 19.6 Å². The van der Waals surface area contributed by atoms with E-state index in [0.29, 0.717) is 25.2 Å². The standard InChI is InChI=1S/C8H18N2O/c1-7-5-10(2)6-8(7)11-4-3-9/h7-8H,3-6,9H2,1-2H3/t7-,8+/m0/s1. The van der Waals surface area contributed by atoms with Gasteiger partial charge in [0.2, 0.25) is 0 Å². The van der Waals surface area contributed by atoms with Crippen molar-refractivity contribution in [3.05, 3.63) is 0 Å². The van der Waals surface area contributed by atoms with E-state index in [0.717, 1.165) is 13.1 Å². The van der Waals surface area contributed by atoms with Crippen molar-refractivity contribution >= 4 is 0 Å². The van der Waals surface area contributed by atoms with Crippen LogP contribution in [0.25, 0.3) is 0 Å². The zero-order chi connectivity index (χ0) is 8.27. The summed E-state index contributed by atoms with van der Waals surface area (Å²) in [5.41, 5.74) is 5.35. The van der Waals surface area contributed by atoms with Crippen LogP contribution in [0.4, 0.5) is 0 Å². The maximum Gasteiger partial charge on any atom is 0.0740 e. The normalized spacial score (nSPS) is 33.0. The topological polar surface area (TPSA) is 38.5 Å². The van der Waals surface area contributed by atoms with Crippen LogP contribution in [0.1, 0.15) is 6.92 Å². The summed E-state index contributed by atoms with van der Waals surface area (Å²) in [6, 6.07) is 0. The number of ether oxygens (including phenoxy) is 1. The molecule has 2 atom stereocenters. The molecule has 3 nitrogen and oxygen atoms in total. The van der Waals surface area contributed by atoms with Crippen LogP contribution in [0.2, 0.25) is 0 Å². The second kappa shape index (κ2) is 4.04. The van der Waals surface area contributed by atoms with Crippen LogP contribution in [0.15, 0.2) is 0 Å². The van der Waals surface area contributed by atoms with Crippen LogP contribution in [0.5, 0.6) is 0 Å². The Morgan fingerprint density at radius 1 is 1.55 bits per heavy atom. The van der Waals surface area contributed by atoms with Crippen molar-refractivity contribution in [2.24, 2.45) is 11.7 Å². The fourth-order valence-corrected chi connectivity index (χ4v) is 1.61. The predicted molar refractivity (Wildman–Crippen MR) is 45.5 cm³/mol. The van der Waals surface area contributed by atoms with Crippen molar-refractivity contribution in [3.63, 3.8) is 0 Å². The second-order valence-electron chi connectivity index (χ2n) is 3.40. The molecule has 0 unspecified atom stereocenters. The van der Waals surface area contributed by atoms with Gasteiger partial charge in [-0.1, -0.05) is 6.92 Å². The number of nitrogens with zero attached hydrogens (tertiary/aromatic N) is 1. The highest BCUT2D eigenvalue weighted by molar-refractivity contribution is 4.79. The smallest absolute Gasteiger partial charge is 0.0740 e. The van der Waals surface area contributed by atoms with Crippen LogP contribution in [0, 0.1) is 5.92 Å². The molecule has 0 aromatic rings. The van der Waals surface area contributed by atoms with E-state index < -0.39 is 0 Å². The summed E-state index contributed by atoms with van der Waals surface area (Å²) in [6.45, 7) is 5.76. The first kappa shape index (κ1) is 8.97. The van der Waals surface area contributed by atoms with Gasteiger partial charge in [0.25, 0.3) is 0 Å². The Bertz CT molecular complexity index is 119. The quantitative estimate of drug-likeness (QED) is 0.624. The molecule has 0 aromatic carbocycles. The van der Waals surface area contributed by atoms with E-state index in [1.54, 1.807) is 0 Å². The minimum absolute atomic E-state index is 0.406. The SMILES string of the molecule is C[C@H]1CN(C)C[C@H]1OCCN. The fraction of sp³-hybridized carbons (Fsp3) is 1.00. The van der Waals surface area contributed by atoms with Crippen LogP contribution in [0.3, 0.4) is 0 Å². The third-order valence-corrected chi connectivity index (χ3v) is 2.18. The molecule has 1 aliphatic heterocycles.